The number of H-pyrrole nitrogens is 1. The van der Waals surface area contributed by atoms with Gasteiger partial charge in [-0.05, 0) is 25.1 Å². The number of anilines is 1. The SMILES string of the molecule is Cc1[nH]nc(NC(=O)c2ccc(Cl)c(Cl)c2)c1N=NN(C)C. The smallest absolute Gasteiger partial charge is 0.256 e. The third-order valence-electron chi connectivity index (χ3n) is 2.65. The second-order valence-electron chi connectivity index (χ2n) is 4.67. The number of amides is 1. The third kappa shape index (κ3) is 3.75. The van der Waals surface area contributed by atoms with Gasteiger partial charge in [0, 0.05) is 19.7 Å². The lowest BCUT2D eigenvalue weighted by Crippen LogP contribution is -2.12. The summed E-state index contributed by atoms with van der Waals surface area (Å²) in [6.45, 7) is 1.78. The van der Waals surface area contributed by atoms with Crippen molar-refractivity contribution in [1.29, 1.82) is 0 Å². The molecule has 2 rings (SSSR count). The molecule has 1 aromatic heterocycles. The fraction of sp³-hybridized carbons (Fsp3) is 0.231. The highest BCUT2D eigenvalue weighted by molar-refractivity contribution is 6.42. The van der Waals surface area contributed by atoms with Crippen LogP contribution in [0.5, 0.6) is 0 Å². The molecule has 7 nitrogen and oxygen atoms in total. The second-order valence-corrected chi connectivity index (χ2v) is 5.48. The Hall–Kier alpha value is -2.12. The molecule has 2 N–H and O–H groups in total. The fourth-order valence-corrected chi connectivity index (χ4v) is 1.88. The largest absolute Gasteiger partial charge is 0.303 e. The minimum absolute atomic E-state index is 0.291. The average Bonchev–Trinajstić information content (AvgIpc) is 2.80. The van der Waals surface area contributed by atoms with Gasteiger partial charge in [0.1, 0.15) is 0 Å². The van der Waals surface area contributed by atoms with Crippen LogP contribution in [0.25, 0.3) is 0 Å². The summed E-state index contributed by atoms with van der Waals surface area (Å²) < 4.78 is 0. The van der Waals surface area contributed by atoms with Gasteiger partial charge in [-0.1, -0.05) is 28.4 Å². The molecular weight excluding hydrogens is 327 g/mol. The molecule has 0 bridgehead atoms. The quantitative estimate of drug-likeness (QED) is 0.654. The molecule has 9 heteroatoms. The van der Waals surface area contributed by atoms with Gasteiger partial charge in [0.05, 0.1) is 15.7 Å². The highest BCUT2D eigenvalue weighted by Gasteiger charge is 2.15. The molecule has 0 spiro atoms. The molecule has 0 saturated heterocycles. The maximum Gasteiger partial charge on any atom is 0.256 e. The fourth-order valence-electron chi connectivity index (χ4n) is 1.58. The summed E-state index contributed by atoms with van der Waals surface area (Å²) in [7, 11) is 3.49. The summed E-state index contributed by atoms with van der Waals surface area (Å²) in [6.07, 6.45) is 0. The molecule has 1 aromatic carbocycles. The minimum Gasteiger partial charge on any atom is -0.303 e. The highest BCUT2D eigenvalue weighted by atomic mass is 35.5. The lowest BCUT2D eigenvalue weighted by atomic mass is 10.2. The van der Waals surface area contributed by atoms with Gasteiger partial charge in [-0.2, -0.15) is 5.10 Å². The molecule has 0 aliphatic rings. The molecule has 0 aliphatic heterocycles. The number of hydrogen-bond acceptors (Lipinski definition) is 4. The van der Waals surface area contributed by atoms with Gasteiger partial charge in [0.15, 0.2) is 11.5 Å². The van der Waals surface area contributed by atoms with Gasteiger partial charge in [0.25, 0.3) is 5.91 Å². The summed E-state index contributed by atoms with van der Waals surface area (Å²) in [5.41, 5.74) is 1.52. The molecule has 22 heavy (non-hydrogen) atoms. The standard InChI is InChI=1S/C13H14Cl2N6O/c1-7-11(18-20-21(2)3)12(19-17-7)16-13(22)8-4-5-9(14)10(15)6-8/h4-6H,1-3H3,(H2,16,17,19,22). The van der Waals surface area contributed by atoms with E-state index in [1.807, 2.05) is 0 Å². The molecule has 0 aliphatic carbocycles. The number of aromatic amines is 1. The summed E-state index contributed by atoms with van der Waals surface area (Å²) >= 11 is 11.7. The molecular formula is C13H14Cl2N6O. The van der Waals surface area contributed by atoms with Crippen molar-refractivity contribution in [3.63, 3.8) is 0 Å². The Morgan fingerprint density at radius 1 is 1.32 bits per heavy atom. The number of benzene rings is 1. The average molecular weight is 341 g/mol. The lowest BCUT2D eigenvalue weighted by molar-refractivity contribution is 0.102. The van der Waals surface area contributed by atoms with Crippen LogP contribution in [0, 0.1) is 6.92 Å². The molecule has 116 valence electrons. The first kappa shape index (κ1) is 16.3. The highest BCUT2D eigenvalue weighted by Crippen LogP contribution is 2.28. The van der Waals surface area contributed by atoms with Crippen LogP contribution >= 0.6 is 23.2 Å². The van der Waals surface area contributed by atoms with E-state index in [4.69, 9.17) is 23.2 Å². The van der Waals surface area contributed by atoms with E-state index in [9.17, 15) is 4.79 Å². The molecule has 2 aromatic rings. The van der Waals surface area contributed by atoms with E-state index in [-0.39, 0.29) is 5.91 Å². The normalized spacial score (nSPS) is 11.0. The van der Waals surface area contributed by atoms with E-state index in [2.05, 4.69) is 25.9 Å². The summed E-state index contributed by atoms with van der Waals surface area (Å²) in [4.78, 5) is 12.2. The van der Waals surface area contributed by atoms with Crippen molar-refractivity contribution in [3.8, 4) is 0 Å². The summed E-state index contributed by atoms with van der Waals surface area (Å²) in [5, 5.41) is 19.6. The topological polar surface area (TPSA) is 85.7 Å². The van der Waals surface area contributed by atoms with Crippen LogP contribution in [-0.4, -0.2) is 35.2 Å². The zero-order valence-corrected chi connectivity index (χ0v) is 13.7. The van der Waals surface area contributed by atoms with Crippen LogP contribution in [0.2, 0.25) is 10.0 Å². The predicted octanol–water partition coefficient (Wildman–Crippen LogP) is 3.84. The van der Waals surface area contributed by atoms with Crippen molar-refractivity contribution in [2.45, 2.75) is 6.92 Å². The minimum atomic E-state index is -0.369. The van der Waals surface area contributed by atoms with Crippen LogP contribution in [0.3, 0.4) is 0 Å². The Morgan fingerprint density at radius 3 is 2.68 bits per heavy atom. The summed E-state index contributed by atoms with van der Waals surface area (Å²) in [6, 6.07) is 4.62. The van der Waals surface area contributed by atoms with Crippen LogP contribution in [-0.2, 0) is 0 Å². The molecule has 1 heterocycles. The maximum absolute atomic E-state index is 12.2. The third-order valence-corrected chi connectivity index (χ3v) is 3.39. The van der Waals surface area contributed by atoms with Crippen molar-refractivity contribution in [2.24, 2.45) is 10.3 Å². The maximum atomic E-state index is 12.2. The zero-order chi connectivity index (χ0) is 16.3. The number of hydrogen-bond donors (Lipinski definition) is 2. The van der Waals surface area contributed by atoms with E-state index in [0.717, 1.165) is 0 Å². The lowest BCUT2D eigenvalue weighted by Gasteiger charge is -2.05. The predicted molar refractivity (Wildman–Crippen MR) is 85.9 cm³/mol. The molecule has 0 unspecified atom stereocenters. The van der Waals surface area contributed by atoms with Crippen molar-refractivity contribution in [2.75, 3.05) is 19.4 Å². The first-order valence-electron chi connectivity index (χ1n) is 6.29. The number of carbonyl (C=O) groups is 1. The Morgan fingerprint density at radius 2 is 2.05 bits per heavy atom. The van der Waals surface area contributed by atoms with Crippen LogP contribution < -0.4 is 5.32 Å². The molecule has 0 atom stereocenters. The van der Waals surface area contributed by atoms with Gasteiger partial charge in [-0.25, -0.2) is 0 Å². The van der Waals surface area contributed by atoms with Crippen LogP contribution in [0.15, 0.2) is 28.5 Å². The van der Waals surface area contributed by atoms with E-state index >= 15 is 0 Å². The number of halogens is 2. The first-order valence-corrected chi connectivity index (χ1v) is 7.04. The molecule has 0 radical (unpaired) electrons. The molecule has 0 saturated carbocycles. The Labute approximate surface area is 137 Å². The van der Waals surface area contributed by atoms with Gasteiger partial charge in [-0.15, -0.1) is 5.11 Å². The van der Waals surface area contributed by atoms with Crippen molar-refractivity contribution >= 4 is 40.6 Å². The number of carbonyl (C=O) groups excluding carboxylic acids is 1. The van der Waals surface area contributed by atoms with Crippen LogP contribution in [0.4, 0.5) is 11.5 Å². The Kier molecular flexibility index (Phi) is 4.99. The van der Waals surface area contributed by atoms with Gasteiger partial charge >= 0.3 is 0 Å². The number of aryl methyl sites for hydroxylation is 1. The number of nitrogens with zero attached hydrogens (tertiary/aromatic N) is 4. The van der Waals surface area contributed by atoms with E-state index < -0.39 is 0 Å². The molecule has 0 fully saturated rings. The second kappa shape index (κ2) is 6.76. The summed E-state index contributed by atoms with van der Waals surface area (Å²) in [5.74, 6) is -0.0782. The van der Waals surface area contributed by atoms with E-state index in [1.165, 1.54) is 11.1 Å². The number of rotatable bonds is 4. The zero-order valence-electron chi connectivity index (χ0n) is 12.2. The molecule has 1 amide bonds. The number of aromatic nitrogens is 2. The van der Waals surface area contributed by atoms with Gasteiger partial charge in [0.2, 0.25) is 0 Å². The van der Waals surface area contributed by atoms with Crippen molar-refractivity contribution < 1.29 is 4.79 Å². The van der Waals surface area contributed by atoms with E-state index in [0.29, 0.717) is 32.8 Å². The van der Waals surface area contributed by atoms with Crippen molar-refractivity contribution in [1.82, 2.24) is 15.2 Å². The monoisotopic (exact) mass is 340 g/mol. The Balaban J connectivity index is 2.23. The van der Waals surface area contributed by atoms with E-state index in [1.54, 1.807) is 33.2 Å². The van der Waals surface area contributed by atoms with Crippen molar-refractivity contribution in [3.05, 3.63) is 39.5 Å². The van der Waals surface area contributed by atoms with Crippen LogP contribution in [0.1, 0.15) is 16.1 Å². The number of nitrogens with one attached hydrogen (secondary N) is 2. The first-order chi connectivity index (χ1) is 10.4. The van der Waals surface area contributed by atoms with Gasteiger partial charge in [-0.3, -0.25) is 14.9 Å². The van der Waals surface area contributed by atoms with Gasteiger partial charge < -0.3 is 5.32 Å². The Bertz CT molecular complexity index is 725.